The monoisotopic (exact) mass is 209 g/mol. The Morgan fingerprint density at radius 2 is 2.47 bits per heavy atom. The molecule has 0 amide bonds. The number of aryl methyl sites for hydroxylation is 1. The molecule has 1 aromatic heterocycles. The van der Waals surface area contributed by atoms with Crippen molar-refractivity contribution in [1.82, 2.24) is 9.55 Å². The average molecular weight is 209 g/mol. The summed E-state index contributed by atoms with van der Waals surface area (Å²) in [6.45, 7) is 1.40. The third kappa shape index (κ3) is 2.38. The number of nitrogens with zero attached hydrogens (tertiary/aromatic N) is 2. The van der Waals surface area contributed by atoms with Crippen LogP contribution < -0.4 is 5.73 Å². The fourth-order valence-electron chi connectivity index (χ4n) is 2.21. The van der Waals surface area contributed by atoms with Crippen molar-refractivity contribution in [3.63, 3.8) is 0 Å². The van der Waals surface area contributed by atoms with Crippen molar-refractivity contribution < 1.29 is 4.74 Å². The molecule has 2 rings (SSSR count). The van der Waals surface area contributed by atoms with Crippen molar-refractivity contribution in [2.24, 2.45) is 18.7 Å². The van der Waals surface area contributed by atoms with E-state index in [0.717, 1.165) is 18.7 Å². The van der Waals surface area contributed by atoms with Crippen LogP contribution in [0.3, 0.4) is 0 Å². The topological polar surface area (TPSA) is 53.1 Å². The van der Waals surface area contributed by atoms with Gasteiger partial charge in [-0.25, -0.2) is 4.98 Å². The van der Waals surface area contributed by atoms with Gasteiger partial charge >= 0.3 is 0 Å². The first-order valence-corrected chi connectivity index (χ1v) is 5.58. The first kappa shape index (κ1) is 10.6. The molecule has 0 aromatic carbocycles. The number of hydrogen-bond donors (Lipinski definition) is 1. The molecular formula is C11H19N3O. The quantitative estimate of drug-likeness (QED) is 0.807. The molecule has 0 bridgehead atoms. The lowest BCUT2D eigenvalue weighted by Gasteiger charge is -2.18. The van der Waals surface area contributed by atoms with Gasteiger partial charge in [-0.1, -0.05) is 6.42 Å². The number of hydrogen-bond acceptors (Lipinski definition) is 3. The van der Waals surface area contributed by atoms with Gasteiger partial charge in [0.15, 0.2) is 0 Å². The molecule has 1 aliphatic rings. The Balaban J connectivity index is 1.85. The summed E-state index contributed by atoms with van der Waals surface area (Å²) in [7, 11) is 1.99. The highest BCUT2D eigenvalue weighted by atomic mass is 16.5. The fourth-order valence-corrected chi connectivity index (χ4v) is 2.21. The molecule has 1 aromatic rings. The Hall–Kier alpha value is -0.870. The third-order valence-electron chi connectivity index (χ3n) is 3.25. The summed E-state index contributed by atoms with van der Waals surface area (Å²) in [4.78, 5) is 4.06. The summed E-state index contributed by atoms with van der Waals surface area (Å²) in [6.07, 6.45) is 7.62. The minimum absolute atomic E-state index is 0.352. The van der Waals surface area contributed by atoms with Crippen LogP contribution in [0, 0.1) is 5.92 Å². The van der Waals surface area contributed by atoms with Gasteiger partial charge in [0.2, 0.25) is 0 Å². The lowest BCUT2D eigenvalue weighted by atomic mass is 10.1. The van der Waals surface area contributed by atoms with Crippen LogP contribution in [0.1, 0.15) is 25.0 Å². The molecule has 2 atom stereocenters. The third-order valence-corrected chi connectivity index (χ3v) is 3.25. The lowest BCUT2D eigenvalue weighted by molar-refractivity contribution is 0.0156. The zero-order valence-corrected chi connectivity index (χ0v) is 9.22. The SMILES string of the molecule is Cn1cncc1COC1CCCC1CN. The van der Waals surface area contributed by atoms with E-state index in [0.29, 0.717) is 18.6 Å². The van der Waals surface area contributed by atoms with Gasteiger partial charge in [0.25, 0.3) is 0 Å². The summed E-state index contributed by atoms with van der Waals surface area (Å²) in [5.74, 6) is 0.554. The number of nitrogens with two attached hydrogens (primary N) is 1. The summed E-state index contributed by atoms with van der Waals surface area (Å²) >= 11 is 0. The van der Waals surface area contributed by atoms with E-state index >= 15 is 0 Å². The maximum Gasteiger partial charge on any atom is 0.0946 e. The fraction of sp³-hybridized carbons (Fsp3) is 0.727. The van der Waals surface area contributed by atoms with Gasteiger partial charge in [-0.15, -0.1) is 0 Å². The van der Waals surface area contributed by atoms with E-state index in [1.165, 1.54) is 12.8 Å². The molecule has 0 radical (unpaired) electrons. The van der Waals surface area contributed by atoms with Crippen LogP contribution >= 0.6 is 0 Å². The molecule has 4 heteroatoms. The van der Waals surface area contributed by atoms with Crippen LogP contribution in [0.25, 0.3) is 0 Å². The average Bonchev–Trinajstić information content (AvgIpc) is 2.83. The van der Waals surface area contributed by atoms with Gasteiger partial charge in [-0.05, 0) is 25.3 Å². The Labute approximate surface area is 90.4 Å². The maximum absolute atomic E-state index is 5.89. The number of aromatic nitrogens is 2. The molecule has 1 fully saturated rings. The minimum atomic E-state index is 0.352. The smallest absolute Gasteiger partial charge is 0.0946 e. The molecule has 1 saturated carbocycles. The second-order valence-corrected chi connectivity index (χ2v) is 4.27. The molecule has 4 nitrogen and oxygen atoms in total. The highest BCUT2D eigenvalue weighted by Gasteiger charge is 2.26. The van der Waals surface area contributed by atoms with E-state index in [2.05, 4.69) is 4.98 Å². The van der Waals surface area contributed by atoms with E-state index in [1.54, 1.807) is 6.33 Å². The van der Waals surface area contributed by atoms with E-state index in [9.17, 15) is 0 Å². The first-order valence-electron chi connectivity index (χ1n) is 5.58. The van der Waals surface area contributed by atoms with Gasteiger partial charge in [0, 0.05) is 7.05 Å². The Morgan fingerprint density at radius 1 is 1.60 bits per heavy atom. The van der Waals surface area contributed by atoms with Gasteiger partial charge < -0.3 is 15.0 Å². The van der Waals surface area contributed by atoms with E-state index in [1.807, 2.05) is 17.8 Å². The van der Waals surface area contributed by atoms with Crippen molar-refractivity contribution in [3.05, 3.63) is 18.2 Å². The number of imidazole rings is 1. The van der Waals surface area contributed by atoms with Crippen molar-refractivity contribution in [2.75, 3.05) is 6.54 Å². The molecule has 2 N–H and O–H groups in total. The predicted octanol–water partition coefficient (Wildman–Crippen LogP) is 1.06. The number of rotatable bonds is 4. The summed E-state index contributed by atoms with van der Waals surface area (Å²) in [5, 5.41) is 0. The van der Waals surface area contributed by atoms with Crippen molar-refractivity contribution in [1.29, 1.82) is 0 Å². The van der Waals surface area contributed by atoms with Gasteiger partial charge in [0.1, 0.15) is 0 Å². The van der Waals surface area contributed by atoms with Crippen LogP contribution in [-0.2, 0) is 18.4 Å². The molecule has 1 aliphatic carbocycles. The van der Waals surface area contributed by atoms with E-state index in [-0.39, 0.29) is 0 Å². The van der Waals surface area contributed by atoms with Crippen LogP contribution in [-0.4, -0.2) is 22.2 Å². The van der Waals surface area contributed by atoms with Crippen molar-refractivity contribution >= 4 is 0 Å². The van der Waals surface area contributed by atoms with E-state index in [4.69, 9.17) is 10.5 Å². The van der Waals surface area contributed by atoms with Crippen LogP contribution in [0.5, 0.6) is 0 Å². The maximum atomic E-state index is 5.89. The van der Waals surface area contributed by atoms with Crippen LogP contribution in [0.15, 0.2) is 12.5 Å². The van der Waals surface area contributed by atoms with Crippen molar-refractivity contribution in [2.45, 2.75) is 32.0 Å². The zero-order chi connectivity index (χ0) is 10.7. The zero-order valence-electron chi connectivity index (χ0n) is 9.22. The molecule has 2 unspecified atom stereocenters. The van der Waals surface area contributed by atoms with Gasteiger partial charge in [0.05, 0.1) is 30.9 Å². The molecule has 0 saturated heterocycles. The minimum Gasteiger partial charge on any atom is -0.372 e. The molecule has 15 heavy (non-hydrogen) atoms. The van der Waals surface area contributed by atoms with E-state index < -0.39 is 0 Å². The molecule has 0 aliphatic heterocycles. The van der Waals surface area contributed by atoms with Gasteiger partial charge in [-0.2, -0.15) is 0 Å². The molecule has 1 heterocycles. The summed E-state index contributed by atoms with van der Waals surface area (Å²) in [5.41, 5.74) is 6.83. The first-order chi connectivity index (χ1) is 7.31. The predicted molar refractivity (Wildman–Crippen MR) is 58.2 cm³/mol. The molecular weight excluding hydrogens is 190 g/mol. The second-order valence-electron chi connectivity index (χ2n) is 4.27. The molecule has 0 spiro atoms. The Kier molecular flexibility index (Phi) is 3.38. The largest absolute Gasteiger partial charge is 0.372 e. The van der Waals surface area contributed by atoms with Crippen LogP contribution in [0.4, 0.5) is 0 Å². The highest BCUT2D eigenvalue weighted by molar-refractivity contribution is 4.95. The van der Waals surface area contributed by atoms with Gasteiger partial charge in [-0.3, -0.25) is 0 Å². The second kappa shape index (κ2) is 4.77. The Bertz CT molecular complexity index is 311. The summed E-state index contributed by atoms with van der Waals surface area (Å²) in [6, 6.07) is 0. The Morgan fingerprint density at radius 3 is 3.13 bits per heavy atom. The number of ether oxygens (including phenoxy) is 1. The highest BCUT2D eigenvalue weighted by Crippen LogP contribution is 2.27. The standard InChI is InChI=1S/C11H19N3O/c1-14-8-13-6-10(14)7-15-11-4-2-3-9(11)5-12/h6,8-9,11H,2-5,7,12H2,1H3. The molecule has 84 valence electrons. The lowest BCUT2D eigenvalue weighted by Crippen LogP contribution is -2.25. The normalized spacial score (nSPS) is 26.0. The summed E-state index contributed by atoms with van der Waals surface area (Å²) < 4.78 is 7.88. The van der Waals surface area contributed by atoms with Crippen LogP contribution in [0.2, 0.25) is 0 Å². The van der Waals surface area contributed by atoms with Crippen molar-refractivity contribution in [3.8, 4) is 0 Å².